The lowest BCUT2D eigenvalue weighted by atomic mass is 9.94. The lowest BCUT2D eigenvalue weighted by Gasteiger charge is -2.21. The highest BCUT2D eigenvalue weighted by Gasteiger charge is 2.15. The Balaban J connectivity index is 2.03. The highest BCUT2D eigenvalue weighted by atomic mass is 16.5. The molecule has 2 nitrogen and oxygen atoms in total. The summed E-state index contributed by atoms with van der Waals surface area (Å²) in [5, 5.41) is 0. The molecule has 0 aliphatic carbocycles. The van der Waals surface area contributed by atoms with Crippen LogP contribution in [0.3, 0.4) is 0 Å². The van der Waals surface area contributed by atoms with Crippen LogP contribution in [0.4, 0.5) is 0 Å². The van der Waals surface area contributed by atoms with E-state index in [0.717, 1.165) is 32.1 Å². The summed E-state index contributed by atoms with van der Waals surface area (Å²) < 4.78 is 5.28. The molecule has 0 fully saturated rings. The van der Waals surface area contributed by atoms with Crippen molar-refractivity contribution in [3.8, 4) is 0 Å². The van der Waals surface area contributed by atoms with Crippen molar-refractivity contribution in [1.29, 1.82) is 0 Å². The van der Waals surface area contributed by atoms with E-state index in [1.165, 1.54) is 24.1 Å². The van der Waals surface area contributed by atoms with Crippen molar-refractivity contribution in [3.05, 3.63) is 11.6 Å². The minimum atomic E-state index is 0.782. The fourth-order valence-electron chi connectivity index (χ4n) is 1.87. The van der Waals surface area contributed by atoms with Crippen LogP contribution in [0.25, 0.3) is 0 Å². The predicted molar refractivity (Wildman–Crippen MR) is 54.2 cm³/mol. The Bertz CT molecular complexity index is 242. The molecular formula is C11H17NO. The number of hydrogen-bond donors (Lipinski definition) is 0. The summed E-state index contributed by atoms with van der Waals surface area (Å²) in [6.07, 6.45) is 5.73. The summed E-state index contributed by atoms with van der Waals surface area (Å²) in [5.74, 6) is 0.782. The van der Waals surface area contributed by atoms with Gasteiger partial charge < -0.3 is 4.74 Å². The average molecular weight is 179 g/mol. The van der Waals surface area contributed by atoms with E-state index in [-0.39, 0.29) is 0 Å². The van der Waals surface area contributed by atoms with Gasteiger partial charge in [-0.05, 0) is 30.8 Å². The second-order valence-electron chi connectivity index (χ2n) is 3.99. The van der Waals surface area contributed by atoms with Gasteiger partial charge in [-0.1, -0.05) is 13.0 Å². The van der Waals surface area contributed by atoms with Gasteiger partial charge in [-0.15, -0.1) is 0 Å². The zero-order valence-corrected chi connectivity index (χ0v) is 8.25. The average Bonchev–Trinajstić information content (AvgIpc) is 2.20. The summed E-state index contributed by atoms with van der Waals surface area (Å²) in [4.78, 5) is 4.63. The van der Waals surface area contributed by atoms with Crippen LogP contribution in [-0.2, 0) is 4.74 Å². The molecule has 2 aliphatic heterocycles. The molecule has 0 saturated heterocycles. The maximum absolute atomic E-state index is 5.28. The highest BCUT2D eigenvalue weighted by molar-refractivity contribution is 6.00. The molecule has 2 heterocycles. The van der Waals surface area contributed by atoms with Gasteiger partial charge >= 0.3 is 0 Å². The Morgan fingerprint density at radius 1 is 1.46 bits per heavy atom. The van der Waals surface area contributed by atoms with Gasteiger partial charge in [0.25, 0.3) is 0 Å². The van der Waals surface area contributed by atoms with Crippen molar-refractivity contribution in [3.63, 3.8) is 0 Å². The first kappa shape index (κ1) is 8.95. The molecule has 1 atom stereocenters. The van der Waals surface area contributed by atoms with Crippen LogP contribution in [0, 0.1) is 5.92 Å². The lowest BCUT2D eigenvalue weighted by Crippen LogP contribution is -2.18. The van der Waals surface area contributed by atoms with E-state index in [2.05, 4.69) is 18.0 Å². The van der Waals surface area contributed by atoms with Gasteiger partial charge in [0.1, 0.15) is 0 Å². The quantitative estimate of drug-likeness (QED) is 0.604. The van der Waals surface area contributed by atoms with E-state index in [0.29, 0.717) is 0 Å². The van der Waals surface area contributed by atoms with Gasteiger partial charge in [-0.25, -0.2) is 0 Å². The summed E-state index contributed by atoms with van der Waals surface area (Å²) in [6, 6.07) is 0. The standard InChI is InChI=1S/C11H17NO/c1-9-2-3-11(12-8-9)10-4-6-13-7-5-10/h4,9H,2-3,5-8H2,1H3. The molecule has 0 aromatic heterocycles. The number of nitrogens with zero attached hydrogens (tertiary/aromatic N) is 1. The second-order valence-corrected chi connectivity index (χ2v) is 3.99. The SMILES string of the molecule is CC1CCC(C2=CCOCC2)=NC1. The minimum Gasteiger partial charge on any atom is -0.377 e. The van der Waals surface area contributed by atoms with Crippen LogP contribution >= 0.6 is 0 Å². The zero-order chi connectivity index (χ0) is 9.10. The van der Waals surface area contributed by atoms with Crippen LogP contribution < -0.4 is 0 Å². The number of aliphatic imine (C=N–C) groups is 1. The van der Waals surface area contributed by atoms with Crippen molar-refractivity contribution >= 4 is 5.71 Å². The topological polar surface area (TPSA) is 21.6 Å². The van der Waals surface area contributed by atoms with E-state index >= 15 is 0 Å². The fourth-order valence-corrected chi connectivity index (χ4v) is 1.87. The third-order valence-corrected chi connectivity index (χ3v) is 2.80. The van der Waals surface area contributed by atoms with Gasteiger partial charge in [-0.2, -0.15) is 0 Å². The Morgan fingerprint density at radius 2 is 2.38 bits per heavy atom. The van der Waals surface area contributed by atoms with Gasteiger partial charge in [0, 0.05) is 12.3 Å². The largest absolute Gasteiger partial charge is 0.377 e. The molecule has 0 bridgehead atoms. The van der Waals surface area contributed by atoms with Gasteiger partial charge in [-0.3, -0.25) is 4.99 Å². The molecule has 0 amide bonds. The fraction of sp³-hybridized carbons (Fsp3) is 0.727. The minimum absolute atomic E-state index is 0.782. The maximum atomic E-state index is 5.28. The van der Waals surface area contributed by atoms with E-state index in [1.54, 1.807) is 0 Å². The first-order valence-electron chi connectivity index (χ1n) is 5.17. The van der Waals surface area contributed by atoms with Gasteiger partial charge in [0.15, 0.2) is 0 Å². The molecule has 72 valence electrons. The number of hydrogen-bond acceptors (Lipinski definition) is 2. The van der Waals surface area contributed by atoms with Gasteiger partial charge in [0.05, 0.1) is 13.2 Å². The Labute approximate surface area is 79.7 Å². The van der Waals surface area contributed by atoms with Crippen LogP contribution in [-0.4, -0.2) is 25.5 Å². The summed E-state index contributed by atoms with van der Waals surface area (Å²) in [5.41, 5.74) is 2.79. The molecule has 0 N–H and O–H groups in total. The molecule has 2 aliphatic rings. The highest BCUT2D eigenvalue weighted by Crippen LogP contribution is 2.20. The van der Waals surface area contributed by atoms with Crippen molar-refractivity contribution in [1.82, 2.24) is 0 Å². The normalized spacial score (nSPS) is 29.5. The molecule has 0 aromatic rings. The molecule has 1 unspecified atom stereocenters. The second kappa shape index (κ2) is 4.05. The van der Waals surface area contributed by atoms with Crippen molar-refractivity contribution in [2.45, 2.75) is 26.2 Å². The Morgan fingerprint density at radius 3 is 3.00 bits per heavy atom. The molecule has 2 heteroatoms. The predicted octanol–water partition coefficient (Wildman–Crippen LogP) is 2.20. The number of rotatable bonds is 1. The van der Waals surface area contributed by atoms with Crippen LogP contribution in [0.2, 0.25) is 0 Å². The van der Waals surface area contributed by atoms with E-state index in [1.807, 2.05) is 0 Å². The summed E-state index contributed by atoms with van der Waals surface area (Å²) >= 11 is 0. The molecule has 0 saturated carbocycles. The van der Waals surface area contributed by atoms with E-state index < -0.39 is 0 Å². The maximum Gasteiger partial charge on any atom is 0.0653 e. The third kappa shape index (κ3) is 2.19. The monoisotopic (exact) mass is 179 g/mol. The number of ether oxygens (including phenoxy) is 1. The molecule has 0 spiro atoms. The zero-order valence-electron chi connectivity index (χ0n) is 8.25. The van der Waals surface area contributed by atoms with Gasteiger partial charge in [0.2, 0.25) is 0 Å². The summed E-state index contributed by atoms with van der Waals surface area (Å²) in [7, 11) is 0. The molecule has 0 radical (unpaired) electrons. The van der Waals surface area contributed by atoms with E-state index in [4.69, 9.17) is 4.74 Å². The van der Waals surface area contributed by atoms with Crippen molar-refractivity contribution in [2.24, 2.45) is 10.9 Å². The Kier molecular flexibility index (Phi) is 2.79. The summed E-state index contributed by atoms with van der Waals surface area (Å²) in [6.45, 7) is 4.95. The third-order valence-electron chi connectivity index (χ3n) is 2.80. The van der Waals surface area contributed by atoms with Crippen LogP contribution in [0.15, 0.2) is 16.6 Å². The van der Waals surface area contributed by atoms with Crippen LogP contribution in [0.1, 0.15) is 26.2 Å². The first-order chi connectivity index (χ1) is 6.36. The molecule has 2 rings (SSSR count). The van der Waals surface area contributed by atoms with Crippen LogP contribution in [0.5, 0.6) is 0 Å². The molecule has 13 heavy (non-hydrogen) atoms. The Hall–Kier alpha value is -0.630. The van der Waals surface area contributed by atoms with Crippen molar-refractivity contribution < 1.29 is 4.74 Å². The van der Waals surface area contributed by atoms with E-state index in [9.17, 15) is 0 Å². The first-order valence-corrected chi connectivity index (χ1v) is 5.17. The molecular weight excluding hydrogens is 162 g/mol. The van der Waals surface area contributed by atoms with Crippen molar-refractivity contribution in [2.75, 3.05) is 19.8 Å². The smallest absolute Gasteiger partial charge is 0.0653 e. The lowest BCUT2D eigenvalue weighted by molar-refractivity contribution is 0.156. The molecule has 0 aromatic carbocycles.